The third-order valence-corrected chi connectivity index (χ3v) is 8.80. The second-order valence-corrected chi connectivity index (χ2v) is 12.4. The number of primary amides is 2. The maximum Gasteiger partial charge on any atom is 0.405 e. The highest BCUT2D eigenvalue weighted by Gasteiger charge is 2.49. The van der Waals surface area contributed by atoms with Crippen molar-refractivity contribution in [1.29, 1.82) is 0 Å². The zero-order valence-corrected chi connectivity index (χ0v) is 24.8. The number of carbonyl (C=O) groups is 5. The molecule has 1 unspecified atom stereocenters. The maximum atomic E-state index is 14.1. The summed E-state index contributed by atoms with van der Waals surface area (Å²) in [5, 5.41) is 21.5. The van der Waals surface area contributed by atoms with E-state index >= 15 is 0 Å². The van der Waals surface area contributed by atoms with Crippen molar-refractivity contribution < 1.29 is 38.6 Å². The molecule has 4 amide bonds. The number of rotatable bonds is 10. The van der Waals surface area contributed by atoms with Crippen molar-refractivity contribution in [2.24, 2.45) is 17.4 Å². The minimum absolute atomic E-state index is 0.0213. The van der Waals surface area contributed by atoms with E-state index in [1.165, 1.54) is 15.8 Å². The number of nitrogens with two attached hydrogens (primary N) is 2. The number of ketones is 1. The number of amides is 4. The van der Waals surface area contributed by atoms with Gasteiger partial charge < -0.3 is 36.3 Å². The standard InChI is InChI=1S/C28H43N7O8/c1-27(2,41)21-15-31-33-35(21)18-14-19(24(38)32-28(22(36)23(29)37)9-6-11-42-12-10-28)34(16-18)25(39)20(43-26(30)40)13-17-7-4-3-5-8-17/h15,17-20,41H,3-14,16H2,1-2H3,(H2,29,37)(H2,30,40)(H,32,38)/t18-,19-,20+,28?/m0/s1. The molecule has 238 valence electrons. The molecule has 2 aliphatic heterocycles. The quantitative estimate of drug-likeness (QED) is 0.265. The number of nitrogens with one attached hydrogen (secondary N) is 1. The Morgan fingerprint density at radius 3 is 2.51 bits per heavy atom. The summed E-state index contributed by atoms with van der Waals surface area (Å²) < 4.78 is 12.3. The van der Waals surface area contributed by atoms with Gasteiger partial charge in [-0.05, 0) is 39.0 Å². The highest BCUT2D eigenvalue weighted by molar-refractivity contribution is 6.39. The third-order valence-electron chi connectivity index (χ3n) is 8.80. The summed E-state index contributed by atoms with van der Waals surface area (Å²) in [6.45, 7) is 3.58. The van der Waals surface area contributed by atoms with Crippen LogP contribution in [0.2, 0.25) is 0 Å². The fourth-order valence-corrected chi connectivity index (χ4v) is 6.60. The van der Waals surface area contributed by atoms with Gasteiger partial charge >= 0.3 is 6.09 Å². The molecule has 3 heterocycles. The molecule has 43 heavy (non-hydrogen) atoms. The Kier molecular flexibility index (Phi) is 10.1. The van der Waals surface area contributed by atoms with Gasteiger partial charge in [0.25, 0.3) is 11.8 Å². The zero-order valence-electron chi connectivity index (χ0n) is 24.8. The van der Waals surface area contributed by atoms with Crippen molar-refractivity contribution in [1.82, 2.24) is 25.2 Å². The molecule has 4 atom stereocenters. The Hall–Kier alpha value is -3.59. The van der Waals surface area contributed by atoms with Gasteiger partial charge in [0.1, 0.15) is 17.2 Å². The zero-order chi connectivity index (χ0) is 31.4. The van der Waals surface area contributed by atoms with Gasteiger partial charge in [-0.2, -0.15) is 0 Å². The predicted octanol–water partition coefficient (Wildman–Crippen LogP) is 0.192. The van der Waals surface area contributed by atoms with Gasteiger partial charge in [-0.3, -0.25) is 19.2 Å². The maximum absolute atomic E-state index is 14.1. The van der Waals surface area contributed by atoms with Crippen molar-refractivity contribution in [2.45, 2.75) is 107 Å². The molecule has 1 aromatic rings. The first-order valence-electron chi connectivity index (χ1n) is 15.0. The first-order chi connectivity index (χ1) is 20.3. The largest absolute Gasteiger partial charge is 0.436 e. The van der Waals surface area contributed by atoms with Crippen molar-refractivity contribution in [3.05, 3.63) is 11.9 Å². The molecule has 0 bridgehead atoms. The van der Waals surface area contributed by atoms with Crippen LogP contribution < -0.4 is 16.8 Å². The smallest absolute Gasteiger partial charge is 0.405 e. The van der Waals surface area contributed by atoms with Crippen molar-refractivity contribution in [3.8, 4) is 0 Å². The average molecular weight is 606 g/mol. The second-order valence-electron chi connectivity index (χ2n) is 12.4. The van der Waals surface area contributed by atoms with Crippen molar-refractivity contribution >= 4 is 29.6 Å². The number of hydrogen-bond donors (Lipinski definition) is 4. The monoisotopic (exact) mass is 605 g/mol. The number of ether oxygens (including phenoxy) is 2. The molecule has 4 rings (SSSR count). The molecule has 1 saturated carbocycles. The van der Waals surface area contributed by atoms with E-state index in [1.807, 2.05) is 0 Å². The van der Waals surface area contributed by atoms with Gasteiger partial charge in [-0.1, -0.05) is 37.3 Å². The van der Waals surface area contributed by atoms with E-state index in [0.29, 0.717) is 18.7 Å². The summed E-state index contributed by atoms with van der Waals surface area (Å²) in [4.78, 5) is 66.4. The summed E-state index contributed by atoms with van der Waals surface area (Å²) in [6.07, 6.45) is 4.84. The molecule has 3 aliphatic rings. The molecule has 0 radical (unpaired) electrons. The van der Waals surface area contributed by atoms with Crippen LogP contribution in [0, 0.1) is 5.92 Å². The van der Waals surface area contributed by atoms with Gasteiger partial charge in [0, 0.05) is 32.6 Å². The van der Waals surface area contributed by atoms with Gasteiger partial charge in [0.05, 0.1) is 17.9 Å². The van der Waals surface area contributed by atoms with Crippen LogP contribution >= 0.6 is 0 Å². The minimum atomic E-state index is -1.59. The Morgan fingerprint density at radius 2 is 1.86 bits per heavy atom. The van der Waals surface area contributed by atoms with Gasteiger partial charge in [-0.25, -0.2) is 9.48 Å². The SMILES string of the molecule is CC(C)(O)c1cnnn1[C@H]1C[C@@H](C(=O)NC2(C(=O)C(N)=O)CCCOCC2)N(C(=O)[C@@H](CC2CCCCC2)OC(N)=O)C1. The molecule has 1 aromatic heterocycles. The number of aliphatic hydroxyl groups is 1. The lowest BCUT2D eigenvalue weighted by Gasteiger charge is -2.34. The van der Waals surface area contributed by atoms with Crippen LogP contribution in [0.3, 0.4) is 0 Å². The van der Waals surface area contributed by atoms with Crippen LogP contribution in [0.25, 0.3) is 0 Å². The molecule has 2 saturated heterocycles. The van der Waals surface area contributed by atoms with Gasteiger partial charge in [0.15, 0.2) is 6.10 Å². The summed E-state index contributed by atoms with van der Waals surface area (Å²) in [7, 11) is 0. The molecular formula is C28H43N7O8. The first-order valence-corrected chi connectivity index (χ1v) is 15.0. The number of likely N-dealkylation sites (tertiary alicyclic amines) is 1. The highest BCUT2D eigenvalue weighted by atomic mass is 16.6. The topological polar surface area (TPSA) is 222 Å². The Balaban J connectivity index is 1.67. The van der Waals surface area contributed by atoms with E-state index in [1.54, 1.807) is 13.8 Å². The Bertz CT molecular complexity index is 1200. The average Bonchev–Trinajstić information content (AvgIpc) is 3.56. The van der Waals surface area contributed by atoms with Crippen LogP contribution in [0.1, 0.15) is 89.8 Å². The van der Waals surface area contributed by atoms with Crippen molar-refractivity contribution in [2.75, 3.05) is 19.8 Å². The van der Waals surface area contributed by atoms with Crippen LogP contribution in [0.4, 0.5) is 4.79 Å². The lowest BCUT2D eigenvalue weighted by Crippen LogP contribution is -2.62. The molecule has 6 N–H and O–H groups in total. The van der Waals surface area contributed by atoms with Crippen LogP contribution in [-0.2, 0) is 34.3 Å². The Labute approximate surface area is 250 Å². The van der Waals surface area contributed by atoms with E-state index in [4.69, 9.17) is 20.9 Å². The number of carbonyl (C=O) groups excluding carboxylic acids is 5. The molecule has 15 nitrogen and oxygen atoms in total. The molecule has 0 aromatic carbocycles. The fourth-order valence-electron chi connectivity index (χ4n) is 6.60. The van der Waals surface area contributed by atoms with E-state index in [0.717, 1.165) is 32.1 Å². The summed E-state index contributed by atoms with van der Waals surface area (Å²) >= 11 is 0. The van der Waals surface area contributed by atoms with Crippen LogP contribution in [-0.4, -0.2) is 92.0 Å². The molecule has 0 spiro atoms. The van der Waals surface area contributed by atoms with E-state index in [9.17, 15) is 29.1 Å². The molecule has 15 heteroatoms. The summed E-state index contributed by atoms with van der Waals surface area (Å²) in [6, 6.07) is -1.73. The number of nitrogens with zero attached hydrogens (tertiary/aromatic N) is 4. The molecule has 3 fully saturated rings. The molecule has 1 aliphatic carbocycles. The third kappa shape index (κ3) is 7.50. The summed E-state index contributed by atoms with van der Waals surface area (Å²) in [5.74, 6) is -3.25. The normalized spacial score (nSPS) is 25.9. The Morgan fingerprint density at radius 1 is 1.14 bits per heavy atom. The second kappa shape index (κ2) is 13.4. The predicted molar refractivity (Wildman–Crippen MR) is 150 cm³/mol. The minimum Gasteiger partial charge on any atom is -0.436 e. The van der Waals surface area contributed by atoms with E-state index < -0.39 is 58.9 Å². The van der Waals surface area contributed by atoms with Gasteiger partial charge in [-0.15, -0.1) is 5.10 Å². The number of aromatic nitrogens is 3. The van der Waals surface area contributed by atoms with Gasteiger partial charge in [0.2, 0.25) is 11.7 Å². The van der Waals surface area contributed by atoms with Crippen molar-refractivity contribution in [3.63, 3.8) is 0 Å². The van der Waals surface area contributed by atoms with Crippen LogP contribution in [0.15, 0.2) is 6.20 Å². The van der Waals surface area contributed by atoms with E-state index in [-0.39, 0.29) is 44.8 Å². The van der Waals surface area contributed by atoms with Crippen LogP contribution in [0.5, 0.6) is 0 Å². The number of Topliss-reactive ketones (excluding diaryl/α,β-unsaturated/α-hetero) is 1. The number of hydrogen-bond acceptors (Lipinski definition) is 10. The summed E-state index contributed by atoms with van der Waals surface area (Å²) in [5.41, 5.74) is 8.20. The van der Waals surface area contributed by atoms with E-state index in [2.05, 4.69) is 15.6 Å². The fraction of sp³-hybridized carbons (Fsp3) is 0.750. The molecular weight excluding hydrogens is 562 g/mol. The lowest BCUT2D eigenvalue weighted by atomic mass is 9.84. The highest BCUT2D eigenvalue weighted by Crippen LogP contribution is 2.34. The lowest BCUT2D eigenvalue weighted by molar-refractivity contribution is -0.148. The first kappa shape index (κ1) is 32.3.